The summed E-state index contributed by atoms with van der Waals surface area (Å²) in [6.07, 6.45) is 2.76. The van der Waals surface area contributed by atoms with Crippen molar-refractivity contribution in [3.8, 4) is 10.6 Å². The third-order valence-corrected chi connectivity index (χ3v) is 6.86. The summed E-state index contributed by atoms with van der Waals surface area (Å²) in [5.74, 6) is 0.0342. The zero-order valence-electron chi connectivity index (χ0n) is 18.9. The smallest absolute Gasteiger partial charge is 0.254 e. The van der Waals surface area contributed by atoms with Crippen LogP contribution in [0.1, 0.15) is 36.7 Å². The molecule has 4 rings (SSSR count). The van der Waals surface area contributed by atoms with E-state index in [0.717, 1.165) is 67.3 Å². The fourth-order valence-electron chi connectivity index (χ4n) is 4.03. The van der Waals surface area contributed by atoms with Gasteiger partial charge < -0.3 is 14.7 Å². The van der Waals surface area contributed by atoms with Gasteiger partial charge in [-0.05, 0) is 51.4 Å². The number of likely N-dealkylation sites (N-methyl/N-ethyl adjacent to an activating group) is 1. The number of thiophene rings is 1. The largest absolute Gasteiger partial charge is 0.342 e. The van der Waals surface area contributed by atoms with Gasteiger partial charge >= 0.3 is 0 Å². The summed E-state index contributed by atoms with van der Waals surface area (Å²) in [6.45, 7) is 10.4. The van der Waals surface area contributed by atoms with Gasteiger partial charge in [0.1, 0.15) is 0 Å². The summed E-state index contributed by atoms with van der Waals surface area (Å²) in [6, 6.07) is 6.16. The summed E-state index contributed by atoms with van der Waals surface area (Å²) in [5.41, 5.74) is 2.29. The summed E-state index contributed by atoms with van der Waals surface area (Å²) < 4.78 is 1.90. The minimum Gasteiger partial charge on any atom is -0.342 e. The molecule has 7 nitrogen and oxygen atoms in total. The molecule has 8 heteroatoms. The van der Waals surface area contributed by atoms with Gasteiger partial charge in [0.25, 0.3) is 5.91 Å². The lowest BCUT2D eigenvalue weighted by Gasteiger charge is -2.32. The molecule has 0 bridgehead atoms. The number of nitrogens with zero attached hydrogens (tertiary/aromatic N) is 6. The highest BCUT2D eigenvalue weighted by molar-refractivity contribution is 7.13. The van der Waals surface area contributed by atoms with Gasteiger partial charge in [0, 0.05) is 45.8 Å². The first-order chi connectivity index (χ1) is 14.9. The average molecular weight is 441 g/mol. The Kier molecular flexibility index (Phi) is 6.69. The highest BCUT2D eigenvalue weighted by Gasteiger charge is 2.21. The molecule has 0 aromatic carbocycles. The molecule has 3 aromatic heterocycles. The number of fused-ring (bicyclic) bond motifs is 1. The number of amides is 1. The quantitative estimate of drug-likeness (QED) is 0.563. The number of carbonyl (C=O) groups is 1. The van der Waals surface area contributed by atoms with Crippen LogP contribution >= 0.6 is 11.3 Å². The zero-order chi connectivity index (χ0) is 22.0. The predicted molar refractivity (Wildman–Crippen MR) is 127 cm³/mol. The van der Waals surface area contributed by atoms with Crippen molar-refractivity contribution >= 4 is 28.3 Å². The fraction of sp³-hybridized carbons (Fsp3) is 0.522. The maximum atomic E-state index is 13.4. The Hall–Kier alpha value is -2.29. The number of hydrogen-bond donors (Lipinski definition) is 0. The highest BCUT2D eigenvalue weighted by atomic mass is 32.1. The monoisotopic (exact) mass is 440 g/mol. The van der Waals surface area contributed by atoms with E-state index in [-0.39, 0.29) is 11.9 Å². The third kappa shape index (κ3) is 4.81. The SMILES string of the molecule is CC(C)n1ncc2c(C(=O)N(C)CCCN3CCN(C)CC3)cc(-c3cccs3)nc21. The van der Waals surface area contributed by atoms with Gasteiger partial charge in [-0.25, -0.2) is 9.67 Å². The molecule has 1 saturated heterocycles. The summed E-state index contributed by atoms with van der Waals surface area (Å²) in [7, 11) is 4.07. The van der Waals surface area contributed by atoms with Crippen LogP contribution in [-0.4, -0.2) is 88.7 Å². The van der Waals surface area contributed by atoms with Crippen molar-refractivity contribution in [3.05, 3.63) is 35.3 Å². The number of hydrogen-bond acceptors (Lipinski definition) is 6. The van der Waals surface area contributed by atoms with Crippen LogP contribution in [0.4, 0.5) is 0 Å². The van der Waals surface area contributed by atoms with Crippen LogP contribution in [0.2, 0.25) is 0 Å². The number of aromatic nitrogens is 3. The zero-order valence-corrected chi connectivity index (χ0v) is 19.7. The normalized spacial score (nSPS) is 15.8. The first kappa shape index (κ1) is 21.9. The van der Waals surface area contributed by atoms with Crippen molar-refractivity contribution in [2.75, 3.05) is 53.4 Å². The molecule has 1 amide bonds. The maximum absolute atomic E-state index is 13.4. The van der Waals surface area contributed by atoms with Gasteiger partial charge in [0.2, 0.25) is 0 Å². The van der Waals surface area contributed by atoms with Gasteiger partial charge in [-0.15, -0.1) is 11.3 Å². The Morgan fingerprint density at radius 3 is 2.71 bits per heavy atom. The van der Waals surface area contributed by atoms with E-state index in [1.54, 1.807) is 17.5 Å². The lowest BCUT2D eigenvalue weighted by atomic mass is 10.1. The molecule has 0 radical (unpaired) electrons. The van der Waals surface area contributed by atoms with Crippen LogP contribution in [-0.2, 0) is 0 Å². The van der Waals surface area contributed by atoms with E-state index >= 15 is 0 Å². The Labute approximate surface area is 188 Å². The van der Waals surface area contributed by atoms with E-state index in [0.29, 0.717) is 5.56 Å². The lowest BCUT2D eigenvalue weighted by molar-refractivity contribution is 0.0785. The second kappa shape index (κ2) is 9.46. The molecule has 0 N–H and O–H groups in total. The topological polar surface area (TPSA) is 57.5 Å². The van der Waals surface area contributed by atoms with E-state index in [2.05, 4.69) is 35.8 Å². The molecule has 1 aliphatic rings. The van der Waals surface area contributed by atoms with E-state index in [9.17, 15) is 4.79 Å². The van der Waals surface area contributed by atoms with Crippen molar-refractivity contribution < 1.29 is 4.79 Å². The minimum atomic E-state index is 0.0342. The minimum absolute atomic E-state index is 0.0342. The molecule has 0 aliphatic carbocycles. The van der Waals surface area contributed by atoms with Crippen LogP contribution < -0.4 is 0 Å². The third-order valence-electron chi connectivity index (χ3n) is 5.97. The fourth-order valence-corrected chi connectivity index (χ4v) is 4.72. The molecule has 31 heavy (non-hydrogen) atoms. The molecule has 1 aliphatic heterocycles. The molecule has 3 aromatic rings. The van der Waals surface area contributed by atoms with Gasteiger partial charge in [-0.1, -0.05) is 6.07 Å². The molecule has 4 heterocycles. The van der Waals surface area contributed by atoms with Crippen LogP contribution in [0.5, 0.6) is 0 Å². The van der Waals surface area contributed by atoms with Crippen LogP contribution in [0.3, 0.4) is 0 Å². The van der Waals surface area contributed by atoms with Gasteiger partial charge in [-0.3, -0.25) is 4.79 Å². The molecular weight excluding hydrogens is 408 g/mol. The molecule has 166 valence electrons. The van der Waals surface area contributed by atoms with Crippen LogP contribution in [0.15, 0.2) is 29.8 Å². The number of piperazine rings is 1. The molecular formula is C23H32N6OS. The summed E-state index contributed by atoms with van der Waals surface area (Å²) in [4.78, 5) is 26.0. The van der Waals surface area contributed by atoms with Crippen molar-refractivity contribution in [1.82, 2.24) is 29.5 Å². The number of pyridine rings is 1. The standard InChI is InChI=1S/C23H32N6OS/c1-17(2)29-22-19(16-24-29)18(15-20(25-22)21-7-5-14-31-21)23(30)27(4)8-6-9-28-12-10-26(3)11-13-28/h5,7,14-17H,6,8-13H2,1-4H3. The van der Waals surface area contributed by atoms with E-state index in [4.69, 9.17) is 4.98 Å². The number of carbonyl (C=O) groups excluding carboxylic acids is 1. The van der Waals surface area contributed by atoms with E-state index in [1.165, 1.54) is 0 Å². The summed E-state index contributed by atoms with van der Waals surface area (Å²) >= 11 is 1.63. The molecule has 1 fully saturated rings. The highest BCUT2D eigenvalue weighted by Crippen LogP contribution is 2.29. The predicted octanol–water partition coefficient (Wildman–Crippen LogP) is 3.45. The number of rotatable bonds is 7. The van der Waals surface area contributed by atoms with Gasteiger partial charge in [0.05, 0.1) is 27.7 Å². The Morgan fingerprint density at radius 1 is 1.26 bits per heavy atom. The van der Waals surface area contributed by atoms with Crippen molar-refractivity contribution in [1.29, 1.82) is 0 Å². The second-order valence-electron chi connectivity index (χ2n) is 8.68. The van der Waals surface area contributed by atoms with Crippen LogP contribution in [0.25, 0.3) is 21.6 Å². The Bertz CT molecular complexity index is 1020. The van der Waals surface area contributed by atoms with E-state index in [1.807, 2.05) is 40.2 Å². The first-order valence-corrected chi connectivity index (χ1v) is 11.9. The van der Waals surface area contributed by atoms with Crippen molar-refractivity contribution in [3.63, 3.8) is 0 Å². The lowest BCUT2D eigenvalue weighted by Crippen LogP contribution is -2.45. The second-order valence-corrected chi connectivity index (χ2v) is 9.63. The molecule has 0 unspecified atom stereocenters. The van der Waals surface area contributed by atoms with Gasteiger partial charge in [-0.2, -0.15) is 5.10 Å². The average Bonchev–Trinajstić information content (AvgIpc) is 3.43. The van der Waals surface area contributed by atoms with Crippen LogP contribution in [0, 0.1) is 0 Å². The maximum Gasteiger partial charge on any atom is 0.254 e. The summed E-state index contributed by atoms with van der Waals surface area (Å²) in [5, 5.41) is 7.38. The Morgan fingerprint density at radius 2 is 2.03 bits per heavy atom. The molecule has 0 saturated carbocycles. The molecule has 0 spiro atoms. The van der Waals surface area contributed by atoms with Gasteiger partial charge in [0.15, 0.2) is 5.65 Å². The first-order valence-electron chi connectivity index (χ1n) is 11.0. The Balaban J connectivity index is 1.53. The van der Waals surface area contributed by atoms with Crippen molar-refractivity contribution in [2.45, 2.75) is 26.3 Å². The van der Waals surface area contributed by atoms with E-state index < -0.39 is 0 Å². The molecule has 0 atom stereocenters. The van der Waals surface area contributed by atoms with Crippen molar-refractivity contribution in [2.24, 2.45) is 0 Å².